The Morgan fingerprint density at radius 3 is 2.68 bits per heavy atom. The van der Waals surface area contributed by atoms with Gasteiger partial charge in [-0.3, -0.25) is 4.84 Å². The van der Waals surface area contributed by atoms with E-state index in [0.29, 0.717) is 5.56 Å². The number of carbonyl (C=O) groups excluding carboxylic acids is 1. The third-order valence-corrected chi connectivity index (χ3v) is 3.76. The Bertz CT molecular complexity index is 523. The summed E-state index contributed by atoms with van der Waals surface area (Å²) < 4.78 is 4.69. The lowest BCUT2D eigenvalue weighted by molar-refractivity contribution is -0.0662. The molecule has 19 heavy (non-hydrogen) atoms. The van der Waals surface area contributed by atoms with Gasteiger partial charge in [-0.25, -0.2) is 9.86 Å². The molecule has 4 nitrogen and oxygen atoms in total. The molecule has 1 aliphatic carbocycles. The molecular weight excluding hydrogens is 242 g/mol. The number of ether oxygens (including phenoxy) is 1. The van der Waals surface area contributed by atoms with Gasteiger partial charge in [-0.15, -0.1) is 0 Å². The van der Waals surface area contributed by atoms with E-state index in [9.17, 15) is 4.79 Å². The molecule has 2 atom stereocenters. The summed E-state index contributed by atoms with van der Waals surface area (Å²) in [5.74, 6) is -0.320. The summed E-state index contributed by atoms with van der Waals surface area (Å²) in [7, 11) is 1.38. The first-order valence-corrected chi connectivity index (χ1v) is 6.47. The standard InChI is InChI=1S/C15H17NO3/c1-15-9-7-13(8-10-15)16(19-15)12-5-3-11(4-6-12)14(17)18-2/h3-7,9,13H,8,10H2,1-2H3/t13-,15+/m1/s1. The Morgan fingerprint density at radius 1 is 1.42 bits per heavy atom. The molecule has 0 N–H and O–H groups in total. The lowest BCUT2D eigenvalue weighted by Crippen LogP contribution is -2.51. The Hall–Kier alpha value is -1.81. The number of hydrogen-bond acceptors (Lipinski definition) is 4. The molecule has 100 valence electrons. The average Bonchev–Trinajstić information content (AvgIpc) is 2.46. The number of carbonyl (C=O) groups is 1. The van der Waals surface area contributed by atoms with Crippen LogP contribution in [0.25, 0.3) is 0 Å². The molecule has 0 saturated carbocycles. The van der Waals surface area contributed by atoms with Crippen molar-refractivity contribution in [1.82, 2.24) is 0 Å². The van der Waals surface area contributed by atoms with Crippen LogP contribution in [0.3, 0.4) is 0 Å². The number of hydrogen-bond donors (Lipinski definition) is 0. The quantitative estimate of drug-likeness (QED) is 0.604. The summed E-state index contributed by atoms with van der Waals surface area (Å²) in [5, 5.41) is 1.94. The van der Waals surface area contributed by atoms with Crippen LogP contribution in [0.1, 0.15) is 30.1 Å². The zero-order valence-electron chi connectivity index (χ0n) is 11.1. The SMILES string of the molecule is COC(=O)c1ccc(N2O[C@@]3(C)C=C[C@@H]2CC3)cc1. The number of benzene rings is 1. The molecule has 1 aromatic rings. The number of nitrogens with zero attached hydrogens (tertiary/aromatic N) is 1. The van der Waals surface area contributed by atoms with Gasteiger partial charge in [-0.2, -0.15) is 0 Å². The smallest absolute Gasteiger partial charge is 0.337 e. The highest BCUT2D eigenvalue weighted by Crippen LogP contribution is 2.38. The fourth-order valence-electron chi connectivity index (χ4n) is 2.60. The summed E-state index contributed by atoms with van der Waals surface area (Å²) in [6, 6.07) is 7.59. The zero-order chi connectivity index (χ0) is 13.5. The second-order valence-corrected chi connectivity index (χ2v) is 5.23. The van der Waals surface area contributed by atoms with Crippen molar-refractivity contribution in [1.29, 1.82) is 0 Å². The summed E-state index contributed by atoms with van der Waals surface area (Å²) in [6.07, 6.45) is 6.47. The first kappa shape index (κ1) is 12.2. The first-order valence-electron chi connectivity index (χ1n) is 6.47. The van der Waals surface area contributed by atoms with Crippen LogP contribution in [0.2, 0.25) is 0 Å². The molecule has 2 aliphatic heterocycles. The van der Waals surface area contributed by atoms with Crippen LogP contribution < -0.4 is 5.06 Å². The molecule has 2 heterocycles. The van der Waals surface area contributed by atoms with Crippen LogP contribution in [0, 0.1) is 0 Å². The van der Waals surface area contributed by atoms with Gasteiger partial charge in [-0.05, 0) is 44.0 Å². The van der Waals surface area contributed by atoms with Crippen molar-refractivity contribution in [2.24, 2.45) is 0 Å². The highest BCUT2D eigenvalue weighted by molar-refractivity contribution is 5.89. The molecule has 0 unspecified atom stereocenters. The van der Waals surface area contributed by atoms with E-state index in [2.05, 4.69) is 19.1 Å². The topological polar surface area (TPSA) is 38.8 Å². The Kier molecular flexibility index (Phi) is 2.82. The number of fused-ring (bicyclic) bond motifs is 2. The molecule has 4 rings (SSSR count). The molecular formula is C15H17NO3. The summed E-state index contributed by atoms with van der Waals surface area (Å²) in [5.41, 5.74) is 1.32. The minimum absolute atomic E-state index is 0.199. The number of hydroxylamine groups is 1. The molecule has 1 aromatic carbocycles. The van der Waals surface area contributed by atoms with Crippen molar-refractivity contribution in [3.63, 3.8) is 0 Å². The second kappa shape index (κ2) is 4.38. The predicted octanol–water partition coefficient (Wildman–Crippen LogP) is 2.70. The number of rotatable bonds is 2. The summed E-state index contributed by atoms with van der Waals surface area (Å²) >= 11 is 0. The maximum Gasteiger partial charge on any atom is 0.337 e. The Morgan fingerprint density at radius 2 is 2.16 bits per heavy atom. The van der Waals surface area contributed by atoms with Crippen molar-refractivity contribution in [3.8, 4) is 0 Å². The second-order valence-electron chi connectivity index (χ2n) is 5.23. The molecule has 0 amide bonds. The molecule has 2 bridgehead atoms. The lowest BCUT2D eigenvalue weighted by atomic mass is 9.88. The highest BCUT2D eigenvalue weighted by atomic mass is 16.7. The van der Waals surface area contributed by atoms with Gasteiger partial charge in [-0.1, -0.05) is 12.2 Å². The van der Waals surface area contributed by atoms with Crippen LogP contribution in [-0.2, 0) is 9.57 Å². The maximum atomic E-state index is 11.4. The molecule has 0 spiro atoms. The summed E-state index contributed by atoms with van der Waals surface area (Å²) in [4.78, 5) is 17.4. The van der Waals surface area contributed by atoms with Crippen LogP contribution in [0.5, 0.6) is 0 Å². The number of methoxy groups -OCH3 is 1. The average molecular weight is 259 g/mol. The van der Waals surface area contributed by atoms with Crippen molar-refractivity contribution >= 4 is 11.7 Å². The van der Waals surface area contributed by atoms with E-state index >= 15 is 0 Å². The predicted molar refractivity (Wildman–Crippen MR) is 71.9 cm³/mol. The van der Waals surface area contributed by atoms with Crippen molar-refractivity contribution in [2.75, 3.05) is 12.2 Å². The monoisotopic (exact) mass is 259 g/mol. The largest absolute Gasteiger partial charge is 0.465 e. The molecule has 1 saturated heterocycles. The van der Waals surface area contributed by atoms with Crippen molar-refractivity contribution in [2.45, 2.75) is 31.4 Å². The van der Waals surface area contributed by atoms with Gasteiger partial charge < -0.3 is 4.74 Å². The van der Waals surface area contributed by atoms with Gasteiger partial charge in [0.25, 0.3) is 0 Å². The van der Waals surface area contributed by atoms with Crippen LogP contribution in [0.15, 0.2) is 36.4 Å². The van der Waals surface area contributed by atoms with Gasteiger partial charge in [0, 0.05) is 0 Å². The maximum absolute atomic E-state index is 11.4. The molecule has 4 heteroatoms. The van der Waals surface area contributed by atoms with E-state index in [1.165, 1.54) is 7.11 Å². The molecule has 3 aliphatic rings. The van der Waals surface area contributed by atoms with E-state index in [4.69, 9.17) is 9.57 Å². The van der Waals surface area contributed by atoms with E-state index in [1.807, 2.05) is 17.2 Å². The molecule has 0 radical (unpaired) electrons. The minimum Gasteiger partial charge on any atom is -0.465 e. The molecule has 1 fully saturated rings. The van der Waals surface area contributed by atoms with Gasteiger partial charge in [0.05, 0.1) is 24.4 Å². The lowest BCUT2D eigenvalue weighted by Gasteiger charge is -2.47. The Balaban J connectivity index is 1.84. The molecule has 0 aromatic heterocycles. The van der Waals surface area contributed by atoms with Crippen LogP contribution >= 0.6 is 0 Å². The van der Waals surface area contributed by atoms with Gasteiger partial charge in [0.1, 0.15) is 5.60 Å². The van der Waals surface area contributed by atoms with Gasteiger partial charge >= 0.3 is 5.97 Å². The van der Waals surface area contributed by atoms with Crippen LogP contribution in [-0.4, -0.2) is 24.7 Å². The number of anilines is 1. The normalized spacial score (nSPS) is 28.5. The van der Waals surface area contributed by atoms with E-state index < -0.39 is 0 Å². The highest BCUT2D eigenvalue weighted by Gasteiger charge is 2.39. The zero-order valence-corrected chi connectivity index (χ0v) is 11.1. The van der Waals surface area contributed by atoms with E-state index in [0.717, 1.165) is 18.5 Å². The third kappa shape index (κ3) is 2.12. The minimum atomic E-state index is -0.320. The van der Waals surface area contributed by atoms with Crippen molar-refractivity contribution in [3.05, 3.63) is 42.0 Å². The van der Waals surface area contributed by atoms with Gasteiger partial charge in [0.2, 0.25) is 0 Å². The van der Waals surface area contributed by atoms with E-state index in [-0.39, 0.29) is 17.6 Å². The van der Waals surface area contributed by atoms with Crippen LogP contribution in [0.4, 0.5) is 5.69 Å². The van der Waals surface area contributed by atoms with Crippen molar-refractivity contribution < 1.29 is 14.4 Å². The number of esters is 1. The van der Waals surface area contributed by atoms with E-state index in [1.54, 1.807) is 12.1 Å². The Labute approximate surface area is 112 Å². The fraction of sp³-hybridized carbons (Fsp3) is 0.400. The third-order valence-electron chi connectivity index (χ3n) is 3.76. The summed E-state index contributed by atoms with van der Waals surface area (Å²) in [6.45, 7) is 2.09. The van der Waals surface area contributed by atoms with Gasteiger partial charge in [0.15, 0.2) is 0 Å². The fourth-order valence-corrected chi connectivity index (χ4v) is 2.60. The first-order chi connectivity index (χ1) is 9.11.